The van der Waals surface area contributed by atoms with E-state index >= 15 is 0 Å². The van der Waals surface area contributed by atoms with Crippen molar-refractivity contribution in [2.24, 2.45) is 0 Å². The van der Waals surface area contributed by atoms with Crippen molar-refractivity contribution in [2.45, 2.75) is 6.42 Å². The maximum absolute atomic E-state index is 6.04. The summed E-state index contributed by atoms with van der Waals surface area (Å²) in [5.74, 6) is 0. The summed E-state index contributed by atoms with van der Waals surface area (Å²) in [4.78, 5) is 2.13. The SMILES string of the molecule is CN(C)CCCNc1c(Cl)cc(N)cc1Cl. The summed E-state index contributed by atoms with van der Waals surface area (Å²) in [6.45, 7) is 1.86. The maximum Gasteiger partial charge on any atom is 0.0720 e. The van der Waals surface area contributed by atoms with Crippen LogP contribution in [0, 0.1) is 0 Å². The van der Waals surface area contributed by atoms with Gasteiger partial charge in [-0.1, -0.05) is 23.2 Å². The molecule has 1 aromatic rings. The Bertz CT molecular complexity index is 330. The summed E-state index contributed by atoms with van der Waals surface area (Å²) in [5.41, 5.74) is 6.96. The van der Waals surface area contributed by atoms with Gasteiger partial charge in [0.05, 0.1) is 15.7 Å². The number of halogens is 2. The van der Waals surface area contributed by atoms with Crippen molar-refractivity contribution in [3.05, 3.63) is 22.2 Å². The van der Waals surface area contributed by atoms with Crippen LogP contribution < -0.4 is 11.1 Å². The van der Waals surface area contributed by atoms with Crippen molar-refractivity contribution in [3.63, 3.8) is 0 Å². The van der Waals surface area contributed by atoms with Crippen LogP contribution >= 0.6 is 23.2 Å². The Kier molecular flexibility index (Phi) is 5.19. The molecule has 3 nitrogen and oxygen atoms in total. The fraction of sp³-hybridized carbons (Fsp3) is 0.455. The second-order valence-electron chi connectivity index (χ2n) is 3.94. The predicted octanol–water partition coefficient (Wildman–Crippen LogP) is 2.94. The standard InChI is InChI=1S/C11H17Cl2N3/c1-16(2)5-3-4-15-11-9(12)6-8(14)7-10(11)13/h6-7,15H,3-5,14H2,1-2H3. The third-order valence-corrected chi connectivity index (χ3v) is 2.74. The largest absolute Gasteiger partial charge is 0.399 e. The van der Waals surface area contributed by atoms with E-state index in [1.165, 1.54) is 0 Å². The van der Waals surface area contributed by atoms with Gasteiger partial charge in [0.25, 0.3) is 0 Å². The number of nitrogen functional groups attached to an aromatic ring is 1. The van der Waals surface area contributed by atoms with E-state index in [1.54, 1.807) is 12.1 Å². The van der Waals surface area contributed by atoms with Gasteiger partial charge in [-0.3, -0.25) is 0 Å². The Hall–Kier alpha value is -0.640. The lowest BCUT2D eigenvalue weighted by atomic mass is 10.2. The number of nitrogens with two attached hydrogens (primary N) is 1. The van der Waals surface area contributed by atoms with E-state index in [0.29, 0.717) is 15.7 Å². The molecular formula is C11H17Cl2N3. The first kappa shape index (κ1) is 13.4. The molecule has 90 valence electrons. The first-order valence-electron chi connectivity index (χ1n) is 5.14. The molecule has 0 amide bonds. The lowest BCUT2D eigenvalue weighted by molar-refractivity contribution is 0.405. The van der Waals surface area contributed by atoms with Crippen LogP contribution in [0.1, 0.15) is 6.42 Å². The van der Waals surface area contributed by atoms with Crippen LogP contribution in [0.25, 0.3) is 0 Å². The molecule has 0 aliphatic carbocycles. The minimum Gasteiger partial charge on any atom is -0.399 e. The molecule has 0 aliphatic rings. The summed E-state index contributed by atoms with van der Waals surface area (Å²) in [6, 6.07) is 3.39. The molecular weight excluding hydrogens is 245 g/mol. The molecule has 0 atom stereocenters. The van der Waals surface area contributed by atoms with Crippen LogP contribution in [0.15, 0.2) is 12.1 Å². The lowest BCUT2D eigenvalue weighted by Gasteiger charge is -2.13. The molecule has 0 radical (unpaired) electrons. The van der Waals surface area contributed by atoms with Gasteiger partial charge in [0.15, 0.2) is 0 Å². The Balaban J connectivity index is 2.54. The van der Waals surface area contributed by atoms with Gasteiger partial charge in [0, 0.05) is 12.2 Å². The molecule has 0 saturated carbocycles. The van der Waals surface area contributed by atoms with Crippen molar-refractivity contribution >= 4 is 34.6 Å². The highest BCUT2D eigenvalue weighted by molar-refractivity contribution is 6.39. The van der Waals surface area contributed by atoms with Crippen LogP contribution in [0.3, 0.4) is 0 Å². The minimum atomic E-state index is 0.565. The lowest BCUT2D eigenvalue weighted by Crippen LogP contribution is -2.16. The van der Waals surface area contributed by atoms with Gasteiger partial charge < -0.3 is 16.0 Å². The Morgan fingerprint density at radius 2 is 1.81 bits per heavy atom. The predicted molar refractivity (Wildman–Crippen MR) is 72.5 cm³/mol. The van der Waals surface area contributed by atoms with Crippen molar-refractivity contribution in [1.82, 2.24) is 4.90 Å². The fourth-order valence-corrected chi connectivity index (χ4v) is 2.01. The van der Waals surface area contributed by atoms with E-state index < -0.39 is 0 Å². The van der Waals surface area contributed by atoms with Crippen molar-refractivity contribution in [3.8, 4) is 0 Å². The number of hydrogen-bond acceptors (Lipinski definition) is 3. The molecule has 16 heavy (non-hydrogen) atoms. The number of hydrogen-bond donors (Lipinski definition) is 2. The number of nitrogens with one attached hydrogen (secondary N) is 1. The number of rotatable bonds is 5. The van der Waals surface area contributed by atoms with Gasteiger partial charge in [0.2, 0.25) is 0 Å². The molecule has 0 fully saturated rings. The van der Waals surface area contributed by atoms with Gasteiger partial charge in [-0.2, -0.15) is 0 Å². The Morgan fingerprint density at radius 3 is 2.31 bits per heavy atom. The molecule has 0 saturated heterocycles. The normalized spacial score (nSPS) is 10.8. The number of benzene rings is 1. The van der Waals surface area contributed by atoms with Gasteiger partial charge in [-0.15, -0.1) is 0 Å². The third-order valence-electron chi connectivity index (χ3n) is 2.15. The van der Waals surface area contributed by atoms with E-state index in [9.17, 15) is 0 Å². The number of nitrogens with zero attached hydrogens (tertiary/aromatic N) is 1. The molecule has 0 aromatic heterocycles. The molecule has 5 heteroatoms. The highest BCUT2D eigenvalue weighted by Gasteiger charge is 2.06. The summed E-state index contributed by atoms with van der Waals surface area (Å²) < 4.78 is 0. The van der Waals surface area contributed by atoms with Crippen LogP contribution in [-0.4, -0.2) is 32.1 Å². The van der Waals surface area contributed by atoms with Gasteiger partial charge in [-0.05, 0) is 39.2 Å². The van der Waals surface area contributed by atoms with E-state index in [-0.39, 0.29) is 0 Å². The first-order valence-corrected chi connectivity index (χ1v) is 5.89. The third kappa shape index (κ3) is 4.08. The highest BCUT2D eigenvalue weighted by Crippen LogP contribution is 2.32. The van der Waals surface area contributed by atoms with Gasteiger partial charge in [-0.25, -0.2) is 0 Å². The summed E-state index contributed by atoms with van der Waals surface area (Å²) >= 11 is 12.1. The van der Waals surface area contributed by atoms with Crippen molar-refractivity contribution in [2.75, 3.05) is 38.2 Å². The number of anilines is 2. The second-order valence-corrected chi connectivity index (χ2v) is 4.76. The summed E-state index contributed by atoms with van der Waals surface area (Å²) in [5, 5.41) is 4.35. The average molecular weight is 262 g/mol. The first-order chi connectivity index (χ1) is 7.50. The molecule has 1 rings (SSSR count). The molecule has 0 aliphatic heterocycles. The Labute approximate surface area is 107 Å². The van der Waals surface area contributed by atoms with Crippen LogP contribution in [0.2, 0.25) is 10.0 Å². The summed E-state index contributed by atoms with van der Waals surface area (Å²) in [7, 11) is 4.09. The monoisotopic (exact) mass is 261 g/mol. The van der Waals surface area contributed by atoms with Crippen molar-refractivity contribution < 1.29 is 0 Å². The molecule has 0 spiro atoms. The quantitative estimate of drug-likeness (QED) is 0.633. The van der Waals surface area contributed by atoms with Crippen molar-refractivity contribution in [1.29, 1.82) is 0 Å². The highest BCUT2D eigenvalue weighted by atomic mass is 35.5. The molecule has 0 unspecified atom stereocenters. The average Bonchev–Trinajstić information content (AvgIpc) is 2.14. The van der Waals surface area contributed by atoms with Crippen LogP contribution in [0.5, 0.6) is 0 Å². The zero-order valence-electron chi connectivity index (χ0n) is 9.56. The molecule has 0 bridgehead atoms. The zero-order valence-corrected chi connectivity index (χ0v) is 11.1. The maximum atomic E-state index is 6.04. The molecule has 0 heterocycles. The summed E-state index contributed by atoms with van der Waals surface area (Å²) in [6.07, 6.45) is 1.03. The minimum absolute atomic E-state index is 0.565. The fourth-order valence-electron chi connectivity index (χ4n) is 1.37. The van der Waals surface area contributed by atoms with Gasteiger partial charge >= 0.3 is 0 Å². The molecule has 3 N–H and O–H groups in total. The van der Waals surface area contributed by atoms with E-state index in [1.807, 2.05) is 14.1 Å². The van der Waals surface area contributed by atoms with Crippen LogP contribution in [0.4, 0.5) is 11.4 Å². The zero-order chi connectivity index (χ0) is 12.1. The van der Waals surface area contributed by atoms with E-state index in [0.717, 1.165) is 25.2 Å². The van der Waals surface area contributed by atoms with Gasteiger partial charge in [0.1, 0.15) is 0 Å². The molecule has 1 aromatic carbocycles. The van der Waals surface area contributed by atoms with E-state index in [4.69, 9.17) is 28.9 Å². The Morgan fingerprint density at radius 1 is 1.25 bits per heavy atom. The van der Waals surface area contributed by atoms with E-state index in [2.05, 4.69) is 10.2 Å². The smallest absolute Gasteiger partial charge is 0.0720 e. The topological polar surface area (TPSA) is 41.3 Å². The second kappa shape index (κ2) is 6.18. The van der Waals surface area contributed by atoms with Crippen LogP contribution in [-0.2, 0) is 0 Å².